The molecule has 35 heavy (non-hydrogen) atoms. The van der Waals surface area contributed by atoms with Crippen LogP contribution in [0.1, 0.15) is 126 Å². The van der Waals surface area contributed by atoms with Gasteiger partial charge in [0.15, 0.2) is 0 Å². The van der Waals surface area contributed by atoms with E-state index in [0.717, 1.165) is 25.7 Å². The molecule has 0 aromatic rings. The quantitative estimate of drug-likeness (QED) is 0.325. The molecule has 1 unspecified atom stereocenters. The third kappa shape index (κ3) is 3.34. The van der Waals surface area contributed by atoms with Crippen molar-refractivity contribution in [2.75, 3.05) is 0 Å². The zero-order chi connectivity index (χ0) is 25.7. The predicted molar refractivity (Wildman–Crippen MR) is 141 cm³/mol. The van der Waals surface area contributed by atoms with Crippen molar-refractivity contribution in [2.24, 2.45) is 50.2 Å². The monoisotopic (exact) mass is 482 g/mol. The third-order valence-electron chi connectivity index (χ3n) is 13.7. The average molecular weight is 483 g/mol. The molecule has 0 spiro atoms. The zero-order valence-electron chi connectivity index (χ0n) is 23.6. The molecule has 0 aromatic carbocycles. The first-order valence-corrected chi connectivity index (χ1v) is 14.6. The molecule has 5 aliphatic carbocycles. The summed E-state index contributed by atoms with van der Waals surface area (Å²) in [6.07, 6.45) is 14.5. The van der Waals surface area contributed by atoms with Crippen molar-refractivity contribution in [3.63, 3.8) is 0 Å². The molecule has 3 saturated carbocycles. The summed E-state index contributed by atoms with van der Waals surface area (Å²) in [6, 6.07) is 0. The second-order valence-corrected chi connectivity index (χ2v) is 15.6. The lowest BCUT2D eigenvalue weighted by atomic mass is 9.35. The fourth-order valence-corrected chi connectivity index (χ4v) is 11.1. The second kappa shape index (κ2) is 7.70. The highest BCUT2D eigenvalue weighted by atomic mass is 16.4. The van der Waals surface area contributed by atoms with Gasteiger partial charge in [-0.05, 0) is 115 Å². The number of rotatable bonds is 3. The third-order valence-corrected chi connectivity index (χ3v) is 13.7. The maximum absolute atomic E-state index is 12.1. The van der Waals surface area contributed by atoms with Crippen LogP contribution < -0.4 is 0 Å². The first-order chi connectivity index (χ1) is 16.2. The molecule has 0 heterocycles. The molecular weight excluding hydrogens is 432 g/mol. The normalized spacial score (nSPS) is 50.9. The van der Waals surface area contributed by atoms with E-state index in [4.69, 9.17) is 0 Å². The highest BCUT2D eigenvalue weighted by molar-refractivity contribution is 5.67. The van der Waals surface area contributed by atoms with E-state index in [0.29, 0.717) is 23.7 Å². The largest absolute Gasteiger partial charge is 0.481 e. The predicted octanol–water partition coefficient (Wildman–Crippen LogP) is 8.22. The number of carboxylic acids is 1. The zero-order valence-corrected chi connectivity index (χ0v) is 23.6. The van der Waals surface area contributed by atoms with Crippen molar-refractivity contribution in [1.82, 2.24) is 0 Å². The van der Waals surface area contributed by atoms with Crippen molar-refractivity contribution in [3.05, 3.63) is 11.1 Å². The molecule has 0 saturated heterocycles. The van der Waals surface area contributed by atoms with Gasteiger partial charge in [-0.25, -0.2) is 0 Å². The molecule has 0 aromatic heterocycles. The van der Waals surface area contributed by atoms with Crippen molar-refractivity contribution in [3.8, 4) is 0 Å². The van der Waals surface area contributed by atoms with Crippen LogP contribution in [0.3, 0.4) is 0 Å². The Morgan fingerprint density at radius 2 is 1.54 bits per heavy atom. The van der Waals surface area contributed by atoms with Crippen molar-refractivity contribution in [2.45, 2.75) is 126 Å². The van der Waals surface area contributed by atoms with Gasteiger partial charge >= 0.3 is 5.97 Å². The van der Waals surface area contributed by atoms with E-state index < -0.39 is 5.97 Å². The lowest BCUT2D eigenvalue weighted by molar-refractivity contribution is -0.158. The van der Waals surface area contributed by atoms with E-state index in [-0.39, 0.29) is 33.0 Å². The van der Waals surface area contributed by atoms with E-state index in [9.17, 15) is 14.7 Å². The maximum atomic E-state index is 12.1. The first-order valence-electron chi connectivity index (χ1n) is 14.6. The molecule has 196 valence electrons. The number of carbonyl (C=O) groups excluding carboxylic acids is 1. The van der Waals surface area contributed by atoms with E-state index in [1.807, 2.05) is 0 Å². The standard InChI is InChI=1S/C32H50O3/c1-27(2)21(18-26(34)35)10-12-30(5)22-11-13-32(7)25-19-28(3,20-33)14-15-29(25,4)16-17-31(32,6)23(22)8-9-24(27)30/h20-21,24-25H,8-19H2,1-7H3,(H,34,35)/t21-,24?,25+,28+,29+,30+,31+,32-/m0/s1. The SMILES string of the molecule is CC1(C)C2CCC3=C(CC[C@@]4(C)[C@@H]5C[C@](C)(C=O)CC[C@]5(C)CC[C@]34C)[C@@]2(C)CC[C@H]1CC(=O)O. The Hall–Kier alpha value is -1.12. The lowest BCUT2D eigenvalue weighted by Gasteiger charge is -2.69. The molecule has 0 aliphatic heterocycles. The smallest absolute Gasteiger partial charge is 0.303 e. The van der Waals surface area contributed by atoms with Crippen molar-refractivity contribution in [1.29, 1.82) is 0 Å². The van der Waals surface area contributed by atoms with Crippen LogP contribution in [0.15, 0.2) is 11.1 Å². The van der Waals surface area contributed by atoms with Gasteiger partial charge in [0.25, 0.3) is 0 Å². The minimum absolute atomic E-state index is 0.0614. The molecule has 3 heteroatoms. The number of fused-ring (bicyclic) bond motifs is 6. The van der Waals surface area contributed by atoms with Crippen molar-refractivity contribution < 1.29 is 14.7 Å². The van der Waals surface area contributed by atoms with Crippen LogP contribution in [-0.2, 0) is 9.59 Å². The maximum Gasteiger partial charge on any atom is 0.303 e. The van der Waals surface area contributed by atoms with Crippen LogP contribution in [-0.4, -0.2) is 17.4 Å². The number of aliphatic carboxylic acids is 1. The van der Waals surface area contributed by atoms with Crippen LogP contribution in [0, 0.1) is 50.2 Å². The average Bonchev–Trinajstić information content (AvgIpc) is 2.78. The lowest BCUT2D eigenvalue weighted by Crippen LogP contribution is -2.61. The Balaban J connectivity index is 1.54. The van der Waals surface area contributed by atoms with Crippen LogP contribution in [0.25, 0.3) is 0 Å². The molecule has 1 N–H and O–H groups in total. The second-order valence-electron chi connectivity index (χ2n) is 15.6. The van der Waals surface area contributed by atoms with Crippen molar-refractivity contribution >= 4 is 12.3 Å². The van der Waals surface area contributed by atoms with Crippen LogP contribution in [0.5, 0.6) is 0 Å². The number of allylic oxidation sites excluding steroid dienone is 2. The topological polar surface area (TPSA) is 54.4 Å². The fourth-order valence-electron chi connectivity index (χ4n) is 11.1. The molecule has 5 aliphatic rings. The summed E-state index contributed by atoms with van der Waals surface area (Å²) in [4.78, 5) is 23.8. The van der Waals surface area contributed by atoms with Gasteiger partial charge in [-0.15, -0.1) is 0 Å². The Bertz CT molecular complexity index is 962. The number of hydrogen-bond acceptors (Lipinski definition) is 2. The van der Waals surface area contributed by atoms with Gasteiger partial charge < -0.3 is 9.90 Å². The summed E-state index contributed by atoms with van der Waals surface area (Å²) >= 11 is 0. The Kier molecular flexibility index (Phi) is 5.62. The summed E-state index contributed by atoms with van der Waals surface area (Å²) in [6.45, 7) is 17.3. The van der Waals surface area contributed by atoms with E-state index in [1.54, 1.807) is 11.1 Å². The molecule has 3 fully saturated rings. The fraction of sp³-hybridized carbons (Fsp3) is 0.875. The molecule has 0 radical (unpaired) electrons. The van der Waals surface area contributed by atoms with E-state index in [2.05, 4.69) is 48.5 Å². The highest BCUT2D eigenvalue weighted by Gasteiger charge is 2.66. The molecule has 8 atom stereocenters. The van der Waals surface area contributed by atoms with Gasteiger partial charge in [0, 0.05) is 11.8 Å². The van der Waals surface area contributed by atoms with Crippen LogP contribution in [0.2, 0.25) is 0 Å². The summed E-state index contributed by atoms with van der Waals surface area (Å²) in [5.74, 6) is 0.827. The van der Waals surface area contributed by atoms with Crippen LogP contribution in [0.4, 0.5) is 0 Å². The van der Waals surface area contributed by atoms with Gasteiger partial charge in [-0.2, -0.15) is 0 Å². The summed E-state index contributed by atoms with van der Waals surface area (Å²) in [5, 5.41) is 9.58. The Labute approximate surface area is 213 Å². The van der Waals surface area contributed by atoms with E-state index >= 15 is 0 Å². The summed E-state index contributed by atoms with van der Waals surface area (Å²) < 4.78 is 0. The number of hydrogen-bond donors (Lipinski definition) is 1. The Morgan fingerprint density at radius 3 is 2.20 bits per heavy atom. The molecular formula is C32H50O3. The number of carbonyl (C=O) groups is 2. The summed E-state index contributed by atoms with van der Waals surface area (Å²) in [5.41, 5.74) is 4.52. The highest BCUT2D eigenvalue weighted by Crippen LogP contribution is 2.75. The molecule has 3 nitrogen and oxygen atoms in total. The van der Waals surface area contributed by atoms with Gasteiger partial charge in [0.05, 0.1) is 0 Å². The minimum atomic E-state index is -0.636. The van der Waals surface area contributed by atoms with Crippen LogP contribution >= 0.6 is 0 Å². The van der Waals surface area contributed by atoms with Gasteiger partial charge in [-0.3, -0.25) is 4.79 Å². The van der Waals surface area contributed by atoms with Gasteiger partial charge in [0.1, 0.15) is 6.29 Å². The first kappa shape index (κ1) is 25.5. The van der Waals surface area contributed by atoms with Gasteiger partial charge in [0.2, 0.25) is 0 Å². The molecule has 0 amide bonds. The minimum Gasteiger partial charge on any atom is -0.481 e. The van der Waals surface area contributed by atoms with Gasteiger partial charge in [-0.1, -0.05) is 59.6 Å². The number of aldehydes is 1. The molecule has 5 rings (SSSR count). The Morgan fingerprint density at radius 1 is 0.857 bits per heavy atom. The number of carboxylic acid groups (broad SMARTS) is 1. The molecule has 0 bridgehead atoms. The summed E-state index contributed by atoms with van der Waals surface area (Å²) in [7, 11) is 0. The van der Waals surface area contributed by atoms with E-state index in [1.165, 1.54) is 51.2 Å².